The lowest BCUT2D eigenvalue weighted by Crippen LogP contribution is -2.20. The van der Waals surface area contributed by atoms with Gasteiger partial charge in [-0.25, -0.2) is 0 Å². The minimum Gasteiger partial charge on any atom is -0.367 e. The Hall–Kier alpha value is -2.14. The van der Waals surface area contributed by atoms with E-state index in [9.17, 15) is 4.79 Å². The van der Waals surface area contributed by atoms with Crippen molar-refractivity contribution in [2.24, 2.45) is 0 Å². The Kier molecular flexibility index (Phi) is 6.32. The molecule has 0 aliphatic rings. The molecular weight excluding hydrogens is 360 g/mol. The number of likely N-dealkylation sites (N-methyl/N-ethyl adjacent to an activating group) is 1. The summed E-state index contributed by atoms with van der Waals surface area (Å²) in [5.74, 6) is 0. The first-order valence-corrected chi connectivity index (χ1v) is 9.53. The van der Waals surface area contributed by atoms with Crippen molar-refractivity contribution in [2.45, 2.75) is 19.4 Å². The van der Waals surface area contributed by atoms with Crippen LogP contribution in [0.25, 0.3) is 10.9 Å². The van der Waals surface area contributed by atoms with E-state index in [2.05, 4.69) is 16.0 Å². The van der Waals surface area contributed by atoms with E-state index in [0.717, 1.165) is 34.1 Å². The van der Waals surface area contributed by atoms with Gasteiger partial charge in [0, 0.05) is 22.6 Å². The quantitative estimate of drug-likeness (QED) is 0.656. The standard InChI is InChI=1S/C22H25ClN2O2/c1-4-15-12-18-13-17(8-9-20(18)24-22(15)26)21(27-11-10-25(2)3)16-6-5-7-19(23)14-16/h5-9,12-14,21H,4,10-11H2,1-3H3,(H,24,26). The fourth-order valence-corrected chi connectivity index (χ4v) is 3.30. The van der Waals surface area contributed by atoms with Gasteiger partial charge in [0.15, 0.2) is 0 Å². The number of nitrogens with zero attached hydrogens (tertiary/aromatic N) is 1. The van der Waals surface area contributed by atoms with Gasteiger partial charge in [-0.3, -0.25) is 4.79 Å². The minimum absolute atomic E-state index is 0.0219. The fraction of sp³-hybridized carbons (Fsp3) is 0.318. The van der Waals surface area contributed by atoms with Gasteiger partial charge in [0.05, 0.1) is 6.61 Å². The van der Waals surface area contributed by atoms with Gasteiger partial charge in [0.25, 0.3) is 5.56 Å². The number of fused-ring (bicyclic) bond motifs is 1. The monoisotopic (exact) mass is 384 g/mol. The van der Waals surface area contributed by atoms with Crippen LogP contribution in [0.1, 0.15) is 29.7 Å². The van der Waals surface area contributed by atoms with Gasteiger partial charge in [0.2, 0.25) is 0 Å². The van der Waals surface area contributed by atoms with E-state index in [-0.39, 0.29) is 11.7 Å². The van der Waals surface area contributed by atoms with Crippen LogP contribution in [0.15, 0.2) is 53.3 Å². The number of H-pyrrole nitrogens is 1. The third kappa shape index (κ3) is 4.78. The van der Waals surface area contributed by atoms with Crippen LogP contribution in [0.2, 0.25) is 5.02 Å². The van der Waals surface area contributed by atoms with Crippen LogP contribution in [-0.2, 0) is 11.2 Å². The molecule has 0 saturated heterocycles. The van der Waals surface area contributed by atoms with E-state index >= 15 is 0 Å². The highest BCUT2D eigenvalue weighted by Gasteiger charge is 2.16. The molecule has 3 rings (SSSR count). The van der Waals surface area contributed by atoms with E-state index in [1.54, 1.807) is 0 Å². The molecule has 0 fully saturated rings. The predicted molar refractivity (Wildman–Crippen MR) is 112 cm³/mol. The van der Waals surface area contributed by atoms with E-state index in [1.165, 1.54) is 0 Å². The minimum atomic E-state index is -0.218. The SMILES string of the molecule is CCc1cc2cc(C(OCCN(C)C)c3cccc(Cl)c3)ccc2[nH]c1=O. The number of hydrogen-bond donors (Lipinski definition) is 1. The van der Waals surface area contributed by atoms with Crippen molar-refractivity contribution < 1.29 is 4.74 Å². The fourth-order valence-electron chi connectivity index (χ4n) is 3.10. The molecule has 4 nitrogen and oxygen atoms in total. The average molecular weight is 385 g/mol. The molecule has 0 radical (unpaired) electrons. The molecule has 0 aliphatic carbocycles. The summed E-state index contributed by atoms with van der Waals surface area (Å²) >= 11 is 6.21. The highest BCUT2D eigenvalue weighted by atomic mass is 35.5. The molecule has 0 spiro atoms. The van der Waals surface area contributed by atoms with Crippen molar-refractivity contribution in [3.8, 4) is 0 Å². The number of rotatable bonds is 7. The van der Waals surface area contributed by atoms with Crippen molar-refractivity contribution in [1.29, 1.82) is 0 Å². The highest BCUT2D eigenvalue weighted by molar-refractivity contribution is 6.30. The molecule has 3 aromatic rings. The molecule has 1 unspecified atom stereocenters. The van der Waals surface area contributed by atoms with Gasteiger partial charge >= 0.3 is 0 Å². The normalized spacial score (nSPS) is 12.6. The van der Waals surface area contributed by atoms with Gasteiger partial charge in [-0.2, -0.15) is 0 Å². The van der Waals surface area contributed by atoms with Crippen molar-refractivity contribution in [3.05, 3.63) is 80.6 Å². The summed E-state index contributed by atoms with van der Waals surface area (Å²) in [7, 11) is 4.05. The number of benzene rings is 2. The zero-order valence-electron chi connectivity index (χ0n) is 16.0. The number of aromatic nitrogens is 1. The second-order valence-electron chi connectivity index (χ2n) is 6.93. The molecule has 1 atom stereocenters. The molecule has 27 heavy (non-hydrogen) atoms. The van der Waals surface area contributed by atoms with Crippen LogP contribution in [-0.4, -0.2) is 37.1 Å². The highest BCUT2D eigenvalue weighted by Crippen LogP contribution is 2.29. The molecule has 0 amide bonds. The number of hydrogen-bond acceptors (Lipinski definition) is 3. The summed E-state index contributed by atoms with van der Waals surface area (Å²) in [6, 6.07) is 15.8. The van der Waals surface area contributed by atoms with Crippen molar-refractivity contribution in [3.63, 3.8) is 0 Å². The summed E-state index contributed by atoms with van der Waals surface area (Å²) in [6.07, 6.45) is 0.483. The zero-order chi connectivity index (χ0) is 19.4. The smallest absolute Gasteiger partial charge is 0.251 e. The van der Waals surface area contributed by atoms with Gasteiger partial charge in [0.1, 0.15) is 6.10 Å². The lowest BCUT2D eigenvalue weighted by molar-refractivity contribution is 0.0688. The van der Waals surface area contributed by atoms with Crippen LogP contribution in [0.3, 0.4) is 0 Å². The van der Waals surface area contributed by atoms with Crippen LogP contribution >= 0.6 is 11.6 Å². The summed E-state index contributed by atoms with van der Waals surface area (Å²) < 4.78 is 6.24. The van der Waals surface area contributed by atoms with Gasteiger partial charge in [-0.15, -0.1) is 0 Å². The molecule has 1 N–H and O–H groups in total. The summed E-state index contributed by atoms with van der Waals surface area (Å²) in [4.78, 5) is 17.1. The Morgan fingerprint density at radius 2 is 1.89 bits per heavy atom. The van der Waals surface area contributed by atoms with E-state index in [4.69, 9.17) is 16.3 Å². The third-order valence-electron chi connectivity index (χ3n) is 4.60. The van der Waals surface area contributed by atoms with Crippen LogP contribution in [0.5, 0.6) is 0 Å². The maximum atomic E-state index is 12.0. The number of nitrogens with one attached hydrogen (secondary N) is 1. The maximum Gasteiger partial charge on any atom is 0.251 e. The summed E-state index contributed by atoms with van der Waals surface area (Å²) in [6.45, 7) is 3.42. The lowest BCUT2D eigenvalue weighted by atomic mass is 9.99. The lowest BCUT2D eigenvalue weighted by Gasteiger charge is -2.21. The first-order valence-electron chi connectivity index (χ1n) is 9.15. The number of aromatic amines is 1. The molecule has 2 aromatic carbocycles. The van der Waals surface area contributed by atoms with E-state index < -0.39 is 0 Å². The topological polar surface area (TPSA) is 45.3 Å². The number of pyridine rings is 1. The van der Waals surface area contributed by atoms with Crippen LogP contribution < -0.4 is 5.56 Å². The third-order valence-corrected chi connectivity index (χ3v) is 4.84. The van der Waals surface area contributed by atoms with Crippen molar-refractivity contribution in [2.75, 3.05) is 27.2 Å². The molecular formula is C22H25ClN2O2. The van der Waals surface area contributed by atoms with E-state index in [1.807, 2.05) is 63.5 Å². The molecule has 1 heterocycles. The number of ether oxygens (including phenoxy) is 1. The molecule has 0 saturated carbocycles. The Morgan fingerprint density at radius 1 is 1.11 bits per heavy atom. The van der Waals surface area contributed by atoms with Crippen LogP contribution in [0.4, 0.5) is 0 Å². The van der Waals surface area contributed by atoms with Gasteiger partial charge in [-0.05, 0) is 67.4 Å². The first kappa shape index (κ1) is 19.6. The van der Waals surface area contributed by atoms with Crippen molar-refractivity contribution >= 4 is 22.5 Å². The average Bonchev–Trinajstić information content (AvgIpc) is 2.64. The summed E-state index contributed by atoms with van der Waals surface area (Å²) in [5.41, 5.74) is 3.65. The largest absolute Gasteiger partial charge is 0.367 e. The maximum absolute atomic E-state index is 12.0. The summed E-state index contributed by atoms with van der Waals surface area (Å²) in [5, 5.41) is 1.69. The predicted octanol–water partition coefficient (Wildman–Crippen LogP) is 4.41. The Balaban J connectivity index is 2.02. The molecule has 0 aliphatic heterocycles. The number of halogens is 1. The Morgan fingerprint density at radius 3 is 2.59 bits per heavy atom. The molecule has 5 heteroatoms. The molecule has 142 valence electrons. The van der Waals surface area contributed by atoms with E-state index in [0.29, 0.717) is 18.1 Å². The second-order valence-corrected chi connectivity index (χ2v) is 7.37. The van der Waals surface area contributed by atoms with Crippen molar-refractivity contribution in [1.82, 2.24) is 9.88 Å². The zero-order valence-corrected chi connectivity index (χ0v) is 16.7. The van der Waals surface area contributed by atoms with Crippen LogP contribution in [0, 0.1) is 0 Å². The molecule has 0 bridgehead atoms. The Labute approximate surface area is 164 Å². The molecule has 1 aromatic heterocycles. The van der Waals surface area contributed by atoms with Gasteiger partial charge in [-0.1, -0.05) is 36.7 Å². The van der Waals surface area contributed by atoms with Gasteiger partial charge < -0.3 is 14.6 Å². The first-order chi connectivity index (χ1) is 13.0. The second kappa shape index (κ2) is 8.70. The number of aryl methyl sites for hydroxylation is 1. The Bertz CT molecular complexity index is 981.